The molecule has 28 heavy (non-hydrogen) atoms. The van der Waals surface area contributed by atoms with Crippen molar-refractivity contribution in [1.82, 2.24) is 10.4 Å². The Labute approximate surface area is 165 Å². The van der Waals surface area contributed by atoms with E-state index in [1.54, 1.807) is 12.6 Å². The van der Waals surface area contributed by atoms with Crippen LogP contribution in [0.1, 0.15) is 50.5 Å². The highest BCUT2D eigenvalue weighted by Crippen LogP contribution is 2.47. The molecule has 0 bridgehead atoms. The van der Waals surface area contributed by atoms with Gasteiger partial charge in [-0.25, -0.2) is 5.48 Å². The number of nitriles is 1. The van der Waals surface area contributed by atoms with Gasteiger partial charge in [0.1, 0.15) is 5.54 Å². The molecule has 3 aliphatic rings. The zero-order chi connectivity index (χ0) is 19.8. The fourth-order valence-corrected chi connectivity index (χ4v) is 4.43. The lowest BCUT2D eigenvalue weighted by molar-refractivity contribution is -0.137. The standard InChI is InChI=1S/C21H27N3O4/c1-27-17-6-5-15(13-18(17)28-16-3-2-4-16)20(14-22)9-11-24(12-10-20)21(7-8-21)19(25)23-26/h5-6,13,16,26H,2-4,7-12H2,1H3,(H,23,25). The molecule has 150 valence electrons. The monoisotopic (exact) mass is 385 g/mol. The molecule has 1 saturated heterocycles. The highest BCUT2D eigenvalue weighted by atomic mass is 16.5. The van der Waals surface area contributed by atoms with Crippen molar-refractivity contribution in [2.45, 2.75) is 62.0 Å². The zero-order valence-corrected chi connectivity index (χ0v) is 16.2. The number of amides is 1. The summed E-state index contributed by atoms with van der Waals surface area (Å²) in [6.07, 6.45) is 6.31. The minimum absolute atomic E-state index is 0.232. The van der Waals surface area contributed by atoms with E-state index < -0.39 is 11.0 Å². The first-order valence-corrected chi connectivity index (χ1v) is 10.0. The van der Waals surface area contributed by atoms with Crippen molar-refractivity contribution in [3.8, 4) is 17.6 Å². The Balaban J connectivity index is 1.53. The van der Waals surface area contributed by atoms with Gasteiger partial charge < -0.3 is 9.47 Å². The number of methoxy groups -OCH3 is 1. The molecule has 0 radical (unpaired) electrons. The second kappa shape index (κ2) is 7.26. The van der Waals surface area contributed by atoms with Crippen molar-refractivity contribution in [2.24, 2.45) is 0 Å². The maximum atomic E-state index is 12.0. The van der Waals surface area contributed by atoms with Crippen LogP contribution in [0, 0.1) is 11.3 Å². The summed E-state index contributed by atoms with van der Waals surface area (Å²) in [5.41, 5.74) is 1.56. The third-order valence-electron chi connectivity index (χ3n) is 6.75. The van der Waals surface area contributed by atoms with Crippen LogP contribution in [0.3, 0.4) is 0 Å². The molecule has 7 nitrogen and oxygen atoms in total. The summed E-state index contributed by atoms with van der Waals surface area (Å²) in [6, 6.07) is 8.35. The van der Waals surface area contributed by atoms with Gasteiger partial charge in [0.2, 0.25) is 0 Å². The molecule has 2 aliphatic carbocycles. The zero-order valence-electron chi connectivity index (χ0n) is 16.2. The predicted molar refractivity (Wildman–Crippen MR) is 101 cm³/mol. The molecule has 1 aromatic carbocycles. The van der Waals surface area contributed by atoms with Crippen LogP contribution in [0.15, 0.2) is 18.2 Å². The van der Waals surface area contributed by atoms with Crippen LogP contribution in [0.5, 0.6) is 11.5 Å². The van der Waals surface area contributed by atoms with Crippen LogP contribution in [0.25, 0.3) is 0 Å². The van der Waals surface area contributed by atoms with E-state index in [9.17, 15) is 10.1 Å². The number of ether oxygens (including phenoxy) is 2. The molecule has 1 amide bonds. The number of likely N-dealkylation sites (tertiary alicyclic amines) is 1. The van der Waals surface area contributed by atoms with Gasteiger partial charge in [-0.1, -0.05) is 6.07 Å². The number of hydrogen-bond donors (Lipinski definition) is 2. The Morgan fingerprint density at radius 1 is 1.25 bits per heavy atom. The summed E-state index contributed by atoms with van der Waals surface area (Å²) in [5.74, 6) is 1.07. The molecule has 0 aromatic heterocycles. The van der Waals surface area contributed by atoms with Gasteiger partial charge in [-0.3, -0.25) is 14.9 Å². The Morgan fingerprint density at radius 2 is 1.96 bits per heavy atom. The van der Waals surface area contributed by atoms with E-state index in [4.69, 9.17) is 14.7 Å². The number of hydroxylamine groups is 1. The van der Waals surface area contributed by atoms with Gasteiger partial charge in [0.05, 0.1) is 24.7 Å². The van der Waals surface area contributed by atoms with Crippen molar-refractivity contribution >= 4 is 5.91 Å². The summed E-state index contributed by atoms with van der Waals surface area (Å²) >= 11 is 0. The second-order valence-corrected chi connectivity index (χ2v) is 8.19. The Kier molecular flexibility index (Phi) is 4.94. The van der Waals surface area contributed by atoms with Crippen molar-refractivity contribution in [2.75, 3.05) is 20.2 Å². The Bertz CT molecular complexity index is 787. The second-order valence-electron chi connectivity index (χ2n) is 8.19. The Morgan fingerprint density at radius 3 is 2.46 bits per heavy atom. The van der Waals surface area contributed by atoms with E-state index in [1.165, 1.54) is 6.42 Å². The first kappa shape index (κ1) is 19.0. The molecular weight excluding hydrogens is 358 g/mol. The molecule has 7 heteroatoms. The highest BCUT2D eigenvalue weighted by Gasteiger charge is 2.56. The average molecular weight is 385 g/mol. The summed E-state index contributed by atoms with van der Waals surface area (Å²) < 4.78 is 11.5. The molecule has 2 saturated carbocycles. The fourth-order valence-electron chi connectivity index (χ4n) is 4.43. The van der Waals surface area contributed by atoms with Crippen LogP contribution in [0.4, 0.5) is 0 Å². The molecule has 2 N–H and O–H groups in total. The number of nitrogens with one attached hydrogen (secondary N) is 1. The quantitative estimate of drug-likeness (QED) is 0.577. The normalized spacial score (nSPS) is 23.2. The number of piperidine rings is 1. The third-order valence-corrected chi connectivity index (χ3v) is 6.75. The van der Waals surface area contributed by atoms with E-state index in [0.29, 0.717) is 37.4 Å². The van der Waals surface area contributed by atoms with E-state index in [1.807, 2.05) is 18.2 Å². The van der Waals surface area contributed by atoms with E-state index >= 15 is 0 Å². The maximum absolute atomic E-state index is 12.0. The van der Waals surface area contributed by atoms with Gasteiger partial charge in [0.15, 0.2) is 11.5 Å². The van der Waals surface area contributed by atoms with Crippen LogP contribution in [0.2, 0.25) is 0 Å². The van der Waals surface area contributed by atoms with Gasteiger partial charge in [-0.05, 0) is 62.6 Å². The van der Waals surface area contributed by atoms with Gasteiger partial charge in [0, 0.05) is 13.1 Å². The van der Waals surface area contributed by atoms with Crippen LogP contribution < -0.4 is 15.0 Å². The van der Waals surface area contributed by atoms with Gasteiger partial charge in [-0.15, -0.1) is 0 Å². The van der Waals surface area contributed by atoms with Crippen LogP contribution in [-0.4, -0.2) is 47.9 Å². The van der Waals surface area contributed by atoms with Crippen molar-refractivity contribution in [3.63, 3.8) is 0 Å². The molecule has 0 atom stereocenters. The van der Waals surface area contributed by atoms with Crippen LogP contribution >= 0.6 is 0 Å². The summed E-state index contributed by atoms with van der Waals surface area (Å²) in [4.78, 5) is 14.2. The Hall–Kier alpha value is -2.30. The molecular formula is C21H27N3O4. The first-order valence-electron chi connectivity index (χ1n) is 10.0. The van der Waals surface area contributed by atoms with Crippen molar-refractivity contribution < 1.29 is 19.5 Å². The number of carbonyl (C=O) groups excluding carboxylic acids is 1. The maximum Gasteiger partial charge on any atom is 0.263 e. The molecule has 4 rings (SSSR count). The number of carbonyl (C=O) groups is 1. The molecule has 3 fully saturated rings. The van der Waals surface area contributed by atoms with E-state index in [2.05, 4.69) is 11.0 Å². The van der Waals surface area contributed by atoms with E-state index in [-0.39, 0.29) is 12.0 Å². The molecule has 0 unspecified atom stereocenters. The van der Waals surface area contributed by atoms with Gasteiger partial charge in [0.25, 0.3) is 5.91 Å². The fraction of sp³-hybridized carbons (Fsp3) is 0.619. The first-order chi connectivity index (χ1) is 13.6. The summed E-state index contributed by atoms with van der Waals surface area (Å²) in [5, 5.41) is 19.1. The lowest BCUT2D eigenvalue weighted by atomic mass is 9.73. The summed E-state index contributed by atoms with van der Waals surface area (Å²) in [7, 11) is 1.63. The smallest absolute Gasteiger partial charge is 0.263 e. The lowest BCUT2D eigenvalue weighted by Crippen LogP contribution is -2.53. The minimum atomic E-state index is -0.605. The minimum Gasteiger partial charge on any atom is -0.493 e. The summed E-state index contributed by atoms with van der Waals surface area (Å²) in [6.45, 7) is 1.29. The molecule has 0 spiro atoms. The third kappa shape index (κ3) is 3.11. The highest BCUT2D eigenvalue weighted by molar-refractivity contribution is 5.88. The van der Waals surface area contributed by atoms with Crippen molar-refractivity contribution in [1.29, 1.82) is 5.26 Å². The van der Waals surface area contributed by atoms with Gasteiger partial charge in [-0.2, -0.15) is 5.26 Å². The largest absolute Gasteiger partial charge is 0.493 e. The number of nitrogens with zero attached hydrogens (tertiary/aromatic N) is 2. The number of benzene rings is 1. The van der Waals surface area contributed by atoms with E-state index in [0.717, 1.165) is 31.2 Å². The lowest BCUT2D eigenvalue weighted by Gasteiger charge is -2.41. The van der Waals surface area contributed by atoms with Crippen molar-refractivity contribution in [3.05, 3.63) is 23.8 Å². The topological polar surface area (TPSA) is 94.8 Å². The molecule has 1 aliphatic heterocycles. The average Bonchev–Trinajstić information content (AvgIpc) is 3.52. The number of rotatable bonds is 6. The molecule has 1 heterocycles. The van der Waals surface area contributed by atoms with Crippen LogP contribution in [-0.2, 0) is 10.2 Å². The predicted octanol–water partition coefficient (Wildman–Crippen LogP) is 2.52. The number of hydrogen-bond acceptors (Lipinski definition) is 6. The SMILES string of the molecule is COc1ccc(C2(C#N)CCN(C3(C(=O)NO)CC3)CC2)cc1OC1CCC1. The van der Waals surface area contributed by atoms with Gasteiger partial charge >= 0.3 is 0 Å². The molecule has 1 aromatic rings.